The molecule has 0 N–H and O–H groups in total. The maximum atomic E-state index is 11.8. The van der Waals surface area contributed by atoms with Crippen molar-refractivity contribution in [3.8, 4) is 0 Å². The zero-order valence-electron chi connectivity index (χ0n) is 8.82. The van der Waals surface area contributed by atoms with Gasteiger partial charge in [-0.15, -0.1) is 6.26 Å². The van der Waals surface area contributed by atoms with Crippen molar-refractivity contribution in [1.82, 2.24) is 0 Å². The molecule has 0 aliphatic heterocycles. The Labute approximate surface area is 111 Å². The van der Waals surface area contributed by atoms with E-state index in [9.17, 15) is 9.90 Å². The summed E-state index contributed by atoms with van der Waals surface area (Å²) in [5.41, 5.74) is 2.18. The van der Waals surface area contributed by atoms with Crippen LogP contribution in [0.4, 0.5) is 0 Å². The Hall–Kier alpha value is -0.570. The molecule has 0 heterocycles. The van der Waals surface area contributed by atoms with E-state index in [4.69, 9.17) is 0 Å². The van der Waals surface area contributed by atoms with Gasteiger partial charge >= 0.3 is 29.6 Å². The van der Waals surface area contributed by atoms with Crippen LogP contribution in [-0.4, -0.2) is 5.78 Å². The third-order valence-corrected chi connectivity index (χ3v) is 2.59. The van der Waals surface area contributed by atoms with Gasteiger partial charge in [-0.2, -0.15) is 0 Å². The van der Waals surface area contributed by atoms with Gasteiger partial charge in [0, 0.05) is 5.56 Å². The molecule has 3 heteroatoms. The van der Waals surface area contributed by atoms with Crippen LogP contribution >= 0.6 is 0 Å². The maximum absolute atomic E-state index is 11.8. The normalized spacial score (nSPS) is 17.9. The Morgan fingerprint density at radius 2 is 1.93 bits per heavy atom. The van der Waals surface area contributed by atoms with Gasteiger partial charge in [0.1, 0.15) is 0 Å². The van der Waals surface area contributed by atoms with Gasteiger partial charge in [0.15, 0.2) is 5.78 Å². The third-order valence-electron chi connectivity index (χ3n) is 2.59. The molecular weight excluding hydrogens is 199 g/mol. The van der Waals surface area contributed by atoms with Gasteiger partial charge in [0.25, 0.3) is 0 Å². The van der Waals surface area contributed by atoms with Gasteiger partial charge in [-0.3, -0.25) is 4.79 Å². The molecule has 0 fully saturated rings. The zero-order valence-corrected chi connectivity index (χ0v) is 10.8. The number of hydrogen-bond acceptors (Lipinski definition) is 2. The van der Waals surface area contributed by atoms with Crippen molar-refractivity contribution in [1.29, 1.82) is 0 Å². The maximum Gasteiger partial charge on any atom is 1.00 e. The van der Waals surface area contributed by atoms with Crippen LogP contribution in [0.3, 0.4) is 0 Å². The van der Waals surface area contributed by atoms with Crippen LogP contribution in [0.15, 0.2) is 36.1 Å². The number of carbonyl (C=O) groups excluding carboxylic acids is 1. The summed E-state index contributed by atoms with van der Waals surface area (Å²) in [7, 11) is 0. The van der Waals surface area contributed by atoms with E-state index in [2.05, 4.69) is 0 Å². The molecule has 72 valence electrons. The van der Waals surface area contributed by atoms with Crippen LogP contribution in [0, 0.1) is 0 Å². The minimum Gasteiger partial charge on any atom is -0.878 e. The summed E-state index contributed by atoms with van der Waals surface area (Å²) in [6.07, 6.45) is 3.08. The smallest absolute Gasteiger partial charge is 0.878 e. The Bertz CT molecular complexity index is 396. The van der Waals surface area contributed by atoms with E-state index in [1.54, 1.807) is 6.07 Å². The molecule has 2 nitrogen and oxygen atoms in total. The first-order valence-corrected chi connectivity index (χ1v) is 4.76. The number of fused-ring (bicyclic) bond motifs is 1. The third kappa shape index (κ3) is 2.51. The Morgan fingerprint density at radius 3 is 2.67 bits per heavy atom. The summed E-state index contributed by atoms with van der Waals surface area (Å²) in [5.74, 6) is -0.0897. The van der Waals surface area contributed by atoms with Crippen molar-refractivity contribution < 1.29 is 39.5 Å². The Balaban J connectivity index is 0.00000112. The predicted molar refractivity (Wildman–Crippen MR) is 51.8 cm³/mol. The van der Waals surface area contributed by atoms with E-state index in [0.717, 1.165) is 18.4 Å². The number of ketones is 1. The summed E-state index contributed by atoms with van der Waals surface area (Å²) in [4.78, 5) is 11.8. The fraction of sp³-hybridized carbons (Fsp3) is 0.250. The average Bonchev–Trinajstić information content (AvgIpc) is 2.39. The largest absolute Gasteiger partial charge is 1.00 e. The number of rotatable bonds is 0. The molecule has 15 heavy (non-hydrogen) atoms. The van der Waals surface area contributed by atoms with Gasteiger partial charge in [-0.05, 0) is 30.4 Å². The molecule has 1 aromatic rings. The summed E-state index contributed by atoms with van der Waals surface area (Å²) in [5, 5.41) is 10.7. The summed E-state index contributed by atoms with van der Waals surface area (Å²) >= 11 is 0. The Kier molecular flexibility index (Phi) is 4.58. The van der Waals surface area contributed by atoms with Crippen LogP contribution in [-0.2, 0) is 6.42 Å². The fourth-order valence-electron chi connectivity index (χ4n) is 1.83. The molecule has 0 saturated carbocycles. The van der Waals surface area contributed by atoms with E-state index < -0.39 is 0 Å². The molecule has 1 aromatic carbocycles. The van der Waals surface area contributed by atoms with Crippen LogP contribution in [0.1, 0.15) is 28.8 Å². The number of aryl methyl sites for hydroxylation is 1. The quantitative estimate of drug-likeness (QED) is 0.225. The summed E-state index contributed by atoms with van der Waals surface area (Å²) in [6, 6.07) is 7.52. The molecule has 0 unspecified atom stereocenters. The van der Waals surface area contributed by atoms with Gasteiger partial charge < -0.3 is 5.11 Å². The molecule has 0 amide bonds. The molecular formula is C12H11NaO2. The summed E-state index contributed by atoms with van der Waals surface area (Å²) in [6.45, 7) is 0. The van der Waals surface area contributed by atoms with E-state index in [0.29, 0.717) is 23.8 Å². The monoisotopic (exact) mass is 210 g/mol. The van der Waals surface area contributed by atoms with E-state index in [1.807, 2.05) is 18.2 Å². The Morgan fingerprint density at radius 1 is 1.20 bits per heavy atom. The molecule has 0 atom stereocenters. The number of carbonyl (C=O) groups is 1. The predicted octanol–water partition coefficient (Wildman–Crippen LogP) is -1.55. The molecule has 0 aromatic heterocycles. The second-order valence-corrected chi connectivity index (χ2v) is 3.48. The first-order chi connectivity index (χ1) is 6.83. The molecule has 1 aliphatic carbocycles. The second-order valence-electron chi connectivity index (χ2n) is 3.48. The topological polar surface area (TPSA) is 40.1 Å². The summed E-state index contributed by atoms with van der Waals surface area (Å²) < 4.78 is 0. The van der Waals surface area contributed by atoms with Crippen LogP contribution in [0.2, 0.25) is 0 Å². The molecule has 2 rings (SSSR count). The number of benzene rings is 1. The molecule has 0 radical (unpaired) electrons. The van der Waals surface area contributed by atoms with Crippen molar-refractivity contribution in [3.63, 3.8) is 0 Å². The van der Waals surface area contributed by atoms with Gasteiger partial charge in [0.2, 0.25) is 0 Å². The van der Waals surface area contributed by atoms with Gasteiger partial charge in [-0.1, -0.05) is 24.3 Å². The fourth-order valence-corrected chi connectivity index (χ4v) is 1.83. The average molecular weight is 210 g/mol. The molecule has 0 saturated heterocycles. The minimum absolute atomic E-state index is 0. The van der Waals surface area contributed by atoms with Crippen molar-refractivity contribution in [3.05, 3.63) is 47.2 Å². The number of hydrogen-bond donors (Lipinski definition) is 0. The molecule has 0 bridgehead atoms. The zero-order chi connectivity index (χ0) is 9.97. The van der Waals surface area contributed by atoms with E-state index in [-0.39, 0.29) is 35.3 Å². The van der Waals surface area contributed by atoms with Crippen molar-refractivity contribution in [2.45, 2.75) is 19.3 Å². The van der Waals surface area contributed by atoms with Crippen molar-refractivity contribution in [2.75, 3.05) is 0 Å². The van der Waals surface area contributed by atoms with Gasteiger partial charge in [0.05, 0.1) is 0 Å². The van der Waals surface area contributed by atoms with Crippen molar-refractivity contribution in [2.24, 2.45) is 0 Å². The minimum atomic E-state index is -0.0897. The van der Waals surface area contributed by atoms with Crippen LogP contribution < -0.4 is 34.7 Å². The second kappa shape index (κ2) is 5.50. The van der Waals surface area contributed by atoms with E-state index in [1.165, 1.54) is 0 Å². The van der Waals surface area contributed by atoms with E-state index >= 15 is 0 Å². The number of allylic oxidation sites excluding steroid dienone is 1. The van der Waals surface area contributed by atoms with Crippen LogP contribution in [0.5, 0.6) is 0 Å². The van der Waals surface area contributed by atoms with Crippen LogP contribution in [0.25, 0.3) is 0 Å². The van der Waals surface area contributed by atoms with Crippen molar-refractivity contribution >= 4 is 5.78 Å². The number of Topliss-reactive ketones (excluding diaryl/α,β-unsaturated/α-hetero) is 1. The molecule has 1 aliphatic rings. The first-order valence-electron chi connectivity index (χ1n) is 4.76. The molecule has 0 spiro atoms. The SMILES string of the molecule is O=C1C(=C[O-])CCCc2ccccc21.[Na+]. The first kappa shape index (κ1) is 12.5. The standard InChI is InChI=1S/C12H12O2.Na/c13-8-10-6-3-5-9-4-1-2-7-11(9)12(10)14;/h1-2,4,7-8,13H,3,5-6H2;/q;+1/p-1. The van der Waals surface area contributed by atoms with Gasteiger partial charge in [-0.25, -0.2) is 0 Å².